The third-order valence-corrected chi connectivity index (χ3v) is 4.95. The highest BCUT2D eigenvalue weighted by molar-refractivity contribution is 6.33. The maximum absolute atomic E-state index is 13.2. The van der Waals surface area contributed by atoms with E-state index in [1.54, 1.807) is 12.1 Å². The molecule has 1 N–H and O–H groups in total. The van der Waals surface area contributed by atoms with Crippen molar-refractivity contribution in [2.24, 2.45) is 0 Å². The number of benzene rings is 2. The number of para-hydroxylation sites is 2. The van der Waals surface area contributed by atoms with Crippen LogP contribution in [-0.4, -0.2) is 21.9 Å². The number of halogens is 1. The third-order valence-electron chi connectivity index (χ3n) is 4.62. The number of fused-ring (bicyclic) bond motifs is 1. The minimum Gasteiger partial charge on any atom is -0.323 e. The van der Waals surface area contributed by atoms with Crippen molar-refractivity contribution in [3.8, 4) is 0 Å². The van der Waals surface area contributed by atoms with Crippen molar-refractivity contribution < 1.29 is 4.79 Å². The van der Waals surface area contributed by atoms with Crippen LogP contribution in [0.25, 0.3) is 0 Å². The van der Waals surface area contributed by atoms with E-state index >= 15 is 0 Å². The zero-order valence-corrected chi connectivity index (χ0v) is 15.9. The van der Waals surface area contributed by atoms with Gasteiger partial charge >= 0.3 is 0 Å². The van der Waals surface area contributed by atoms with Gasteiger partial charge in [0, 0.05) is 17.4 Å². The van der Waals surface area contributed by atoms with E-state index in [1.165, 1.54) is 5.56 Å². The van der Waals surface area contributed by atoms with Crippen LogP contribution < -0.4 is 10.2 Å². The molecule has 0 spiro atoms. The summed E-state index contributed by atoms with van der Waals surface area (Å²) in [4.78, 5) is 23.9. The van der Waals surface area contributed by atoms with E-state index in [-0.39, 0.29) is 11.9 Å². The van der Waals surface area contributed by atoms with Gasteiger partial charge in [-0.05, 0) is 50.1 Å². The van der Waals surface area contributed by atoms with E-state index in [0.717, 1.165) is 12.1 Å². The maximum atomic E-state index is 13.2. The standard InChI is InChI=1S/C21H19ClN4O/c1-13-11-18(25-21(23-13)24-17-9-5-4-8-16(17)22)20(27)26-14(2)12-15-7-3-6-10-19(15)26/h3-11,14H,12H2,1-2H3,(H,23,24,25). The highest BCUT2D eigenvalue weighted by Crippen LogP contribution is 2.33. The number of nitrogens with one attached hydrogen (secondary N) is 1. The Balaban J connectivity index is 1.67. The molecular weight excluding hydrogens is 360 g/mol. The molecule has 0 bridgehead atoms. The van der Waals surface area contributed by atoms with Crippen LogP contribution >= 0.6 is 11.6 Å². The number of carbonyl (C=O) groups is 1. The first-order valence-corrected chi connectivity index (χ1v) is 9.19. The first-order valence-electron chi connectivity index (χ1n) is 8.81. The summed E-state index contributed by atoms with van der Waals surface area (Å²) in [5.74, 6) is 0.228. The predicted octanol–water partition coefficient (Wildman–Crippen LogP) is 4.77. The van der Waals surface area contributed by atoms with Crippen molar-refractivity contribution in [2.45, 2.75) is 26.3 Å². The quantitative estimate of drug-likeness (QED) is 0.713. The van der Waals surface area contributed by atoms with Crippen molar-refractivity contribution in [1.29, 1.82) is 0 Å². The fraction of sp³-hybridized carbons (Fsp3) is 0.190. The van der Waals surface area contributed by atoms with Gasteiger partial charge in [0.1, 0.15) is 5.69 Å². The van der Waals surface area contributed by atoms with Crippen LogP contribution in [0.2, 0.25) is 5.02 Å². The fourth-order valence-corrected chi connectivity index (χ4v) is 3.60. The number of carbonyl (C=O) groups excluding carboxylic acids is 1. The van der Waals surface area contributed by atoms with Gasteiger partial charge in [0.05, 0.1) is 10.7 Å². The van der Waals surface area contributed by atoms with Crippen molar-refractivity contribution >= 4 is 34.8 Å². The molecule has 6 heteroatoms. The van der Waals surface area contributed by atoms with Gasteiger partial charge in [-0.3, -0.25) is 4.79 Å². The average molecular weight is 379 g/mol. The molecule has 0 radical (unpaired) electrons. The zero-order chi connectivity index (χ0) is 19.0. The van der Waals surface area contributed by atoms with Gasteiger partial charge in [-0.25, -0.2) is 9.97 Å². The fourth-order valence-electron chi connectivity index (χ4n) is 3.42. The Morgan fingerprint density at radius 2 is 1.89 bits per heavy atom. The van der Waals surface area contributed by atoms with E-state index in [9.17, 15) is 4.79 Å². The summed E-state index contributed by atoms with van der Waals surface area (Å²) in [6, 6.07) is 17.2. The summed E-state index contributed by atoms with van der Waals surface area (Å²) in [5.41, 5.74) is 3.90. The normalized spacial score (nSPS) is 15.5. The second kappa shape index (κ2) is 7.00. The number of anilines is 3. The molecule has 1 aliphatic rings. The van der Waals surface area contributed by atoms with Crippen molar-refractivity contribution in [1.82, 2.24) is 9.97 Å². The number of hydrogen-bond acceptors (Lipinski definition) is 4. The second-order valence-corrected chi connectivity index (χ2v) is 7.09. The maximum Gasteiger partial charge on any atom is 0.277 e. The lowest BCUT2D eigenvalue weighted by molar-refractivity contribution is 0.0976. The minimum absolute atomic E-state index is 0.0881. The first kappa shape index (κ1) is 17.5. The van der Waals surface area contributed by atoms with Gasteiger partial charge in [-0.1, -0.05) is 41.9 Å². The first-order chi connectivity index (χ1) is 13.0. The van der Waals surface area contributed by atoms with Crippen molar-refractivity contribution in [2.75, 3.05) is 10.2 Å². The molecule has 0 fully saturated rings. The Hall–Kier alpha value is -2.92. The van der Waals surface area contributed by atoms with Crippen molar-refractivity contribution in [3.05, 3.63) is 76.6 Å². The number of aryl methyl sites for hydroxylation is 1. The molecule has 1 unspecified atom stereocenters. The number of aromatic nitrogens is 2. The Labute approximate surface area is 163 Å². The molecule has 1 atom stereocenters. The molecule has 2 aromatic carbocycles. The van der Waals surface area contributed by atoms with E-state index in [1.807, 2.05) is 48.2 Å². The van der Waals surface area contributed by atoms with Crippen LogP contribution in [0.15, 0.2) is 54.6 Å². The molecule has 0 saturated heterocycles. The number of rotatable bonds is 3. The second-order valence-electron chi connectivity index (χ2n) is 6.68. The van der Waals surface area contributed by atoms with E-state index < -0.39 is 0 Å². The Kier molecular flexibility index (Phi) is 4.54. The SMILES string of the molecule is Cc1cc(C(=O)N2c3ccccc3CC2C)nc(Nc2ccccc2Cl)n1. The van der Waals surface area contributed by atoms with Crippen LogP contribution in [-0.2, 0) is 6.42 Å². The highest BCUT2D eigenvalue weighted by Gasteiger charge is 2.32. The van der Waals surface area contributed by atoms with Gasteiger partial charge in [0.25, 0.3) is 5.91 Å². The average Bonchev–Trinajstić information content (AvgIpc) is 2.98. The Morgan fingerprint density at radius 1 is 1.15 bits per heavy atom. The molecule has 27 heavy (non-hydrogen) atoms. The smallest absolute Gasteiger partial charge is 0.277 e. The van der Waals surface area contributed by atoms with Gasteiger partial charge < -0.3 is 10.2 Å². The summed E-state index contributed by atoms with van der Waals surface area (Å²) in [6.45, 7) is 3.90. The Morgan fingerprint density at radius 3 is 2.70 bits per heavy atom. The van der Waals surface area contributed by atoms with Crippen molar-refractivity contribution in [3.63, 3.8) is 0 Å². The van der Waals surface area contributed by atoms with E-state index in [2.05, 4.69) is 28.3 Å². The Bertz CT molecular complexity index is 1020. The molecule has 0 saturated carbocycles. The number of nitrogens with zero attached hydrogens (tertiary/aromatic N) is 3. The van der Waals surface area contributed by atoms with Gasteiger partial charge in [-0.2, -0.15) is 0 Å². The number of amides is 1. The summed E-state index contributed by atoms with van der Waals surface area (Å²) in [6.07, 6.45) is 0.844. The monoisotopic (exact) mass is 378 g/mol. The van der Waals surface area contributed by atoms with Gasteiger partial charge in [0.15, 0.2) is 0 Å². The van der Waals surface area contributed by atoms with Crippen LogP contribution in [0.3, 0.4) is 0 Å². The lowest BCUT2D eigenvalue weighted by Gasteiger charge is -2.22. The molecular formula is C21H19ClN4O. The van der Waals surface area contributed by atoms with Gasteiger partial charge in [0.2, 0.25) is 5.95 Å². The molecule has 136 valence electrons. The highest BCUT2D eigenvalue weighted by atomic mass is 35.5. The van der Waals surface area contributed by atoms with Crippen LogP contribution in [0, 0.1) is 6.92 Å². The molecule has 1 aliphatic heterocycles. The van der Waals surface area contributed by atoms with Gasteiger partial charge in [-0.15, -0.1) is 0 Å². The molecule has 2 heterocycles. The minimum atomic E-state index is -0.125. The molecule has 1 aromatic heterocycles. The molecule has 1 amide bonds. The summed E-state index contributed by atoms with van der Waals surface area (Å²) < 4.78 is 0. The van der Waals surface area contributed by atoms with E-state index in [4.69, 9.17) is 11.6 Å². The molecule has 5 nitrogen and oxygen atoms in total. The number of hydrogen-bond donors (Lipinski definition) is 1. The van der Waals surface area contributed by atoms with Crippen LogP contribution in [0.1, 0.15) is 28.7 Å². The van der Waals surface area contributed by atoms with Crippen LogP contribution in [0.5, 0.6) is 0 Å². The van der Waals surface area contributed by atoms with E-state index in [0.29, 0.717) is 28.0 Å². The summed E-state index contributed by atoms with van der Waals surface area (Å²) in [7, 11) is 0. The molecule has 4 rings (SSSR count). The predicted molar refractivity (Wildman–Crippen MR) is 108 cm³/mol. The summed E-state index contributed by atoms with van der Waals surface area (Å²) in [5, 5.41) is 3.67. The van der Waals surface area contributed by atoms with Crippen LogP contribution in [0.4, 0.5) is 17.3 Å². The molecule has 3 aromatic rings. The third kappa shape index (κ3) is 3.38. The lowest BCUT2D eigenvalue weighted by Crippen LogP contribution is -2.36. The largest absolute Gasteiger partial charge is 0.323 e. The summed E-state index contributed by atoms with van der Waals surface area (Å²) >= 11 is 6.20. The zero-order valence-electron chi connectivity index (χ0n) is 15.1. The lowest BCUT2D eigenvalue weighted by atomic mass is 10.1. The molecule has 0 aliphatic carbocycles. The topological polar surface area (TPSA) is 58.1 Å².